The van der Waals surface area contributed by atoms with Crippen molar-refractivity contribution in [2.75, 3.05) is 0 Å². The molecule has 0 aliphatic carbocycles. The smallest absolute Gasteiger partial charge is 0.173 e. The Bertz CT molecular complexity index is 665. The van der Waals surface area contributed by atoms with Gasteiger partial charge in [-0.25, -0.2) is 4.39 Å². The Balaban J connectivity index is 2.05. The largest absolute Gasteiger partial charge is 0.409 e. The van der Waals surface area contributed by atoms with Crippen LogP contribution in [0, 0.1) is 12.7 Å². The molecule has 112 valence electrons. The second-order valence-electron chi connectivity index (χ2n) is 4.78. The Kier molecular flexibility index (Phi) is 4.54. The molecule has 1 aromatic heterocycles. The van der Waals surface area contributed by atoms with E-state index < -0.39 is 5.82 Å². The van der Waals surface area contributed by atoms with Crippen molar-refractivity contribution in [2.24, 2.45) is 17.9 Å². The number of nitrogens with two attached hydrogens (primary N) is 1. The van der Waals surface area contributed by atoms with E-state index in [0.717, 1.165) is 11.3 Å². The van der Waals surface area contributed by atoms with Crippen LogP contribution < -0.4 is 11.1 Å². The van der Waals surface area contributed by atoms with Crippen molar-refractivity contribution in [3.05, 3.63) is 52.6 Å². The number of hydrogen-bond acceptors (Lipinski definition) is 4. The quantitative estimate of drug-likeness (QED) is 0.335. The number of oxime groups is 1. The van der Waals surface area contributed by atoms with Gasteiger partial charge in [-0.05, 0) is 13.0 Å². The van der Waals surface area contributed by atoms with Crippen LogP contribution in [0.2, 0.25) is 0 Å². The van der Waals surface area contributed by atoms with Crippen molar-refractivity contribution < 1.29 is 9.60 Å². The molecule has 0 aliphatic rings. The zero-order valence-electron chi connectivity index (χ0n) is 12.0. The summed E-state index contributed by atoms with van der Waals surface area (Å²) in [5.74, 6) is -0.722. The molecule has 6 nitrogen and oxygen atoms in total. The van der Waals surface area contributed by atoms with Crippen molar-refractivity contribution in [1.29, 1.82) is 0 Å². The molecule has 0 saturated heterocycles. The maximum atomic E-state index is 14.2. The van der Waals surface area contributed by atoms with Gasteiger partial charge in [0, 0.05) is 37.5 Å². The van der Waals surface area contributed by atoms with Gasteiger partial charge in [-0.2, -0.15) is 5.10 Å². The first kappa shape index (κ1) is 15.0. The highest BCUT2D eigenvalue weighted by Gasteiger charge is 2.11. The van der Waals surface area contributed by atoms with Gasteiger partial charge in [-0.3, -0.25) is 4.68 Å². The molecule has 0 bridgehead atoms. The maximum absolute atomic E-state index is 14.2. The fourth-order valence-corrected chi connectivity index (χ4v) is 2.12. The van der Waals surface area contributed by atoms with Crippen LogP contribution in [0.15, 0.2) is 29.6 Å². The summed E-state index contributed by atoms with van der Waals surface area (Å²) in [5.41, 5.74) is 7.99. The van der Waals surface area contributed by atoms with Gasteiger partial charge in [0.2, 0.25) is 0 Å². The number of hydrogen-bond donors (Lipinski definition) is 3. The van der Waals surface area contributed by atoms with Crippen LogP contribution in [-0.4, -0.2) is 20.8 Å². The van der Waals surface area contributed by atoms with E-state index in [-0.39, 0.29) is 11.4 Å². The summed E-state index contributed by atoms with van der Waals surface area (Å²) in [7, 11) is 1.86. The normalized spacial score (nSPS) is 11.9. The molecule has 0 fully saturated rings. The molecule has 2 rings (SSSR count). The number of nitrogens with zero attached hydrogens (tertiary/aromatic N) is 3. The zero-order valence-corrected chi connectivity index (χ0v) is 12.0. The van der Waals surface area contributed by atoms with E-state index in [1.165, 1.54) is 6.07 Å². The Morgan fingerprint density at radius 2 is 2.14 bits per heavy atom. The van der Waals surface area contributed by atoms with E-state index in [0.29, 0.717) is 18.7 Å². The fourth-order valence-electron chi connectivity index (χ4n) is 2.12. The summed E-state index contributed by atoms with van der Waals surface area (Å²) in [6.07, 6.45) is 1.92. The van der Waals surface area contributed by atoms with Gasteiger partial charge in [-0.15, -0.1) is 0 Å². The van der Waals surface area contributed by atoms with Crippen LogP contribution in [0.5, 0.6) is 0 Å². The predicted molar refractivity (Wildman–Crippen MR) is 77.4 cm³/mol. The highest BCUT2D eigenvalue weighted by atomic mass is 19.1. The minimum atomic E-state index is -0.483. The van der Waals surface area contributed by atoms with Crippen LogP contribution in [0.4, 0.5) is 4.39 Å². The van der Waals surface area contributed by atoms with E-state index in [1.54, 1.807) is 16.8 Å². The summed E-state index contributed by atoms with van der Waals surface area (Å²) in [6, 6.07) is 4.80. The monoisotopic (exact) mass is 291 g/mol. The maximum Gasteiger partial charge on any atom is 0.173 e. The van der Waals surface area contributed by atoms with Crippen molar-refractivity contribution in [3.8, 4) is 0 Å². The number of nitrogens with one attached hydrogen (secondary N) is 1. The summed E-state index contributed by atoms with van der Waals surface area (Å²) in [4.78, 5) is 0. The highest BCUT2D eigenvalue weighted by Crippen LogP contribution is 2.13. The number of aryl methyl sites for hydroxylation is 2. The van der Waals surface area contributed by atoms with E-state index in [2.05, 4.69) is 15.6 Å². The van der Waals surface area contributed by atoms with Gasteiger partial charge in [0.05, 0.1) is 11.3 Å². The van der Waals surface area contributed by atoms with Gasteiger partial charge in [-0.1, -0.05) is 17.3 Å². The third kappa shape index (κ3) is 3.38. The fraction of sp³-hybridized carbons (Fsp3) is 0.286. The lowest BCUT2D eigenvalue weighted by molar-refractivity contribution is 0.318. The van der Waals surface area contributed by atoms with E-state index >= 15 is 0 Å². The zero-order chi connectivity index (χ0) is 15.4. The molecule has 1 aromatic carbocycles. The first-order chi connectivity index (χ1) is 10.0. The lowest BCUT2D eigenvalue weighted by Gasteiger charge is -2.08. The lowest BCUT2D eigenvalue weighted by atomic mass is 10.1. The number of benzene rings is 1. The molecule has 7 heteroatoms. The Labute approximate surface area is 122 Å². The minimum absolute atomic E-state index is 0.0920. The van der Waals surface area contributed by atoms with Crippen LogP contribution in [0.3, 0.4) is 0 Å². The number of aromatic nitrogens is 2. The van der Waals surface area contributed by atoms with Gasteiger partial charge < -0.3 is 16.3 Å². The van der Waals surface area contributed by atoms with Crippen LogP contribution in [-0.2, 0) is 20.1 Å². The van der Waals surface area contributed by atoms with Gasteiger partial charge in [0.25, 0.3) is 0 Å². The molecular formula is C14H18FN5O. The van der Waals surface area contributed by atoms with Crippen LogP contribution in [0.1, 0.15) is 22.4 Å². The first-order valence-electron chi connectivity index (χ1n) is 6.48. The molecule has 0 saturated carbocycles. The topological polar surface area (TPSA) is 88.5 Å². The Hall–Kier alpha value is -2.41. The molecule has 21 heavy (non-hydrogen) atoms. The van der Waals surface area contributed by atoms with E-state index in [9.17, 15) is 4.39 Å². The van der Waals surface area contributed by atoms with E-state index in [1.807, 2.05) is 20.2 Å². The first-order valence-corrected chi connectivity index (χ1v) is 6.48. The number of rotatable bonds is 5. The summed E-state index contributed by atoms with van der Waals surface area (Å²) in [5, 5.41) is 18.9. The SMILES string of the molecule is Cc1nn(C)cc1CNCc1cccc(/C(N)=N/O)c1F. The molecule has 0 spiro atoms. The molecule has 2 aromatic rings. The molecule has 0 aliphatic heterocycles. The molecule has 4 N–H and O–H groups in total. The van der Waals surface area contributed by atoms with Gasteiger partial charge in [0.1, 0.15) is 5.82 Å². The summed E-state index contributed by atoms with van der Waals surface area (Å²) >= 11 is 0. The average Bonchev–Trinajstić information content (AvgIpc) is 2.78. The predicted octanol–water partition coefficient (Wildman–Crippen LogP) is 1.25. The Morgan fingerprint density at radius 3 is 2.76 bits per heavy atom. The van der Waals surface area contributed by atoms with E-state index in [4.69, 9.17) is 10.9 Å². The molecule has 0 amide bonds. The number of halogens is 1. The molecule has 1 heterocycles. The molecule has 0 atom stereocenters. The lowest BCUT2D eigenvalue weighted by Crippen LogP contribution is -2.18. The average molecular weight is 291 g/mol. The third-order valence-electron chi connectivity index (χ3n) is 3.21. The Morgan fingerprint density at radius 1 is 1.43 bits per heavy atom. The van der Waals surface area contributed by atoms with Gasteiger partial charge >= 0.3 is 0 Å². The molecular weight excluding hydrogens is 273 g/mol. The summed E-state index contributed by atoms with van der Waals surface area (Å²) < 4.78 is 15.9. The van der Waals surface area contributed by atoms with Crippen molar-refractivity contribution in [1.82, 2.24) is 15.1 Å². The van der Waals surface area contributed by atoms with Gasteiger partial charge in [0.15, 0.2) is 5.84 Å². The summed E-state index contributed by atoms with van der Waals surface area (Å²) in [6.45, 7) is 2.86. The highest BCUT2D eigenvalue weighted by molar-refractivity contribution is 5.97. The second kappa shape index (κ2) is 6.36. The van der Waals surface area contributed by atoms with Crippen molar-refractivity contribution in [2.45, 2.75) is 20.0 Å². The van der Waals surface area contributed by atoms with Crippen LogP contribution >= 0.6 is 0 Å². The van der Waals surface area contributed by atoms with Crippen molar-refractivity contribution in [3.63, 3.8) is 0 Å². The van der Waals surface area contributed by atoms with Crippen LogP contribution in [0.25, 0.3) is 0 Å². The molecule has 0 radical (unpaired) electrons. The molecule has 0 unspecified atom stereocenters. The van der Waals surface area contributed by atoms with Crippen molar-refractivity contribution >= 4 is 5.84 Å². The number of amidine groups is 1. The minimum Gasteiger partial charge on any atom is -0.409 e. The standard InChI is InChI=1S/C14H18FN5O/c1-9-11(8-20(2)18-9)7-17-6-10-4-3-5-12(13(10)15)14(16)19-21/h3-5,8,17,21H,6-7H2,1-2H3,(H2,16,19). The second-order valence-corrected chi connectivity index (χ2v) is 4.78. The third-order valence-corrected chi connectivity index (χ3v) is 3.21.